The van der Waals surface area contributed by atoms with Crippen LogP contribution in [0.4, 0.5) is 0 Å². The van der Waals surface area contributed by atoms with E-state index in [1.807, 2.05) is 0 Å². The molecule has 1 aliphatic heterocycles. The highest BCUT2D eigenvalue weighted by Crippen LogP contribution is 2.01. The van der Waals surface area contributed by atoms with Crippen molar-refractivity contribution in [2.24, 2.45) is 5.73 Å². The topological polar surface area (TPSA) is 64.4 Å². The highest BCUT2D eigenvalue weighted by atomic mass is 16.5. The van der Waals surface area contributed by atoms with Crippen molar-refractivity contribution in [3.8, 4) is 0 Å². The summed E-state index contributed by atoms with van der Waals surface area (Å²) in [6.07, 6.45) is 4.06. The molecule has 0 radical (unpaired) electrons. The van der Waals surface area contributed by atoms with Crippen LogP contribution in [0.2, 0.25) is 0 Å². The Hall–Kier alpha value is -0.870. The number of nitrogens with one attached hydrogen (secondary N) is 1. The summed E-state index contributed by atoms with van der Waals surface area (Å²) in [5.41, 5.74) is 4.93. The smallest absolute Gasteiger partial charge is 0.241 e. The molecule has 0 aliphatic carbocycles. The molecule has 1 atom stereocenters. The van der Waals surface area contributed by atoms with E-state index in [1.54, 1.807) is 6.08 Å². The molecule has 0 saturated carbocycles. The second-order valence-corrected chi connectivity index (χ2v) is 2.74. The van der Waals surface area contributed by atoms with E-state index < -0.39 is 5.91 Å². The van der Waals surface area contributed by atoms with Gasteiger partial charge in [-0.05, 0) is 12.5 Å². The van der Waals surface area contributed by atoms with Crippen LogP contribution in [0.1, 0.15) is 6.42 Å². The SMILES string of the molecule is NC(=O)C=CCC1CNCCO1. The Balaban J connectivity index is 2.17. The Labute approximate surface area is 71.8 Å². The first-order chi connectivity index (χ1) is 5.79. The van der Waals surface area contributed by atoms with E-state index in [-0.39, 0.29) is 6.10 Å². The third kappa shape index (κ3) is 3.50. The van der Waals surface area contributed by atoms with Crippen LogP contribution >= 0.6 is 0 Å². The van der Waals surface area contributed by atoms with E-state index in [9.17, 15) is 4.79 Å². The molecular formula is C8H14N2O2. The minimum absolute atomic E-state index is 0.189. The van der Waals surface area contributed by atoms with E-state index >= 15 is 0 Å². The van der Waals surface area contributed by atoms with Crippen LogP contribution in [-0.4, -0.2) is 31.7 Å². The lowest BCUT2D eigenvalue weighted by molar-refractivity contribution is -0.113. The van der Waals surface area contributed by atoms with Crippen LogP contribution in [0.3, 0.4) is 0 Å². The number of nitrogens with two attached hydrogens (primary N) is 1. The molecule has 1 amide bonds. The molecule has 0 aromatic rings. The van der Waals surface area contributed by atoms with Crippen LogP contribution in [-0.2, 0) is 9.53 Å². The standard InChI is InChI=1S/C8H14N2O2/c9-8(11)3-1-2-7-6-10-4-5-12-7/h1,3,7,10H,2,4-6H2,(H2,9,11). The molecule has 4 nitrogen and oxygen atoms in total. The van der Waals surface area contributed by atoms with Crippen molar-refractivity contribution in [2.45, 2.75) is 12.5 Å². The molecule has 1 aliphatic rings. The van der Waals surface area contributed by atoms with Crippen LogP contribution in [0.25, 0.3) is 0 Å². The molecule has 4 heteroatoms. The lowest BCUT2D eigenvalue weighted by atomic mass is 10.2. The largest absolute Gasteiger partial charge is 0.375 e. The summed E-state index contributed by atoms with van der Waals surface area (Å²) >= 11 is 0. The lowest BCUT2D eigenvalue weighted by Gasteiger charge is -2.22. The molecule has 1 heterocycles. The summed E-state index contributed by atoms with van der Waals surface area (Å²) in [5.74, 6) is -0.404. The second-order valence-electron chi connectivity index (χ2n) is 2.74. The highest BCUT2D eigenvalue weighted by Gasteiger charge is 2.10. The van der Waals surface area contributed by atoms with Gasteiger partial charge >= 0.3 is 0 Å². The number of hydrogen-bond acceptors (Lipinski definition) is 3. The van der Waals surface area contributed by atoms with Gasteiger partial charge in [0.05, 0.1) is 12.7 Å². The summed E-state index contributed by atoms with van der Waals surface area (Å²) in [6, 6.07) is 0. The molecule has 12 heavy (non-hydrogen) atoms. The summed E-state index contributed by atoms with van der Waals surface area (Å²) in [7, 11) is 0. The van der Waals surface area contributed by atoms with Crippen LogP contribution in [0.5, 0.6) is 0 Å². The van der Waals surface area contributed by atoms with Crippen LogP contribution in [0, 0.1) is 0 Å². The van der Waals surface area contributed by atoms with Gasteiger partial charge in [0, 0.05) is 13.1 Å². The van der Waals surface area contributed by atoms with E-state index in [0.717, 1.165) is 26.1 Å². The van der Waals surface area contributed by atoms with Gasteiger partial charge in [-0.1, -0.05) is 6.08 Å². The maximum atomic E-state index is 10.3. The van der Waals surface area contributed by atoms with Crippen molar-refractivity contribution in [3.63, 3.8) is 0 Å². The monoisotopic (exact) mass is 170 g/mol. The van der Waals surface area contributed by atoms with Gasteiger partial charge in [-0.15, -0.1) is 0 Å². The fourth-order valence-electron chi connectivity index (χ4n) is 1.11. The third-order valence-corrected chi connectivity index (χ3v) is 1.69. The highest BCUT2D eigenvalue weighted by molar-refractivity contribution is 5.85. The van der Waals surface area contributed by atoms with Gasteiger partial charge < -0.3 is 15.8 Å². The summed E-state index contributed by atoms with van der Waals surface area (Å²) in [6.45, 7) is 2.51. The van der Waals surface area contributed by atoms with Gasteiger partial charge in [0.15, 0.2) is 0 Å². The zero-order valence-corrected chi connectivity index (χ0v) is 6.95. The second kappa shape index (κ2) is 4.90. The third-order valence-electron chi connectivity index (χ3n) is 1.69. The fraction of sp³-hybridized carbons (Fsp3) is 0.625. The van der Waals surface area contributed by atoms with E-state index in [2.05, 4.69) is 5.32 Å². The molecule has 0 bridgehead atoms. The number of hydrogen-bond donors (Lipinski definition) is 2. The number of amides is 1. The van der Waals surface area contributed by atoms with E-state index in [0.29, 0.717) is 0 Å². The molecule has 1 unspecified atom stereocenters. The number of morpholine rings is 1. The summed E-state index contributed by atoms with van der Waals surface area (Å²) in [5, 5.41) is 3.20. The minimum Gasteiger partial charge on any atom is -0.375 e. The molecule has 68 valence electrons. The molecule has 0 spiro atoms. The molecule has 1 rings (SSSR count). The van der Waals surface area contributed by atoms with Crippen molar-refractivity contribution in [3.05, 3.63) is 12.2 Å². The maximum absolute atomic E-state index is 10.3. The number of carbonyl (C=O) groups excluding carboxylic acids is 1. The van der Waals surface area contributed by atoms with Crippen LogP contribution in [0.15, 0.2) is 12.2 Å². The minimum atomic E-state index is -0.404. The Morgan fingerprint density at radius 3 is 3.17 bits per heavy atom. The van der Waals surface area contributed by atoms with E-state index in [4.69, 9.17) is 10.5 Å². The predicted octanol–water partition coefficient (Wildman–Crippen LogP) is -0.594. The molecule has 0 aromatic carbocycles. The first-order valence-electron chi connectivity index (χ1n) is 4.07. The number of rotatable bonds is 3. The maximum Gasteiger partial charge on any atom is 0.241 e. The quantitative estimate of drug-likeness (QED) is 0.556. The first-order valence-corrected chi connectivity index (χ1v) is 4.07. The normalized spacial score (nSPS) is 24.5. The fourth-order valence-corrected chi connectivity index (χ4v) is 1.11. The number of carbonyl (C=O) groups is 1. The Bertz CT molecular complexity index is 174. The van der Waals surface area contributed by atoms with E-state index in [1.165, 1.54) is 6.08 Å². The van der Waals surface area contributed by atoms with Crippen molar-refractivity contribution in [2.75, 3.05) is 19.7 Å². The molecule has 3 N–H and O–H groups in total. The Morgan fingerprint density at radius 2 is 2.58 bits per heavy atom. The Kier molecular flexibility index (Phi) is 3.76. The van der Waals surface area contributed by atoms with Crippen molar-refractivity contribution >= 4 is 5.91 Å². The summed E-state index contributed by atoms with van der Waals surface area (Å²) < 4.78 is 5.39. The number of primary amides is 1. The lowest BCUT2D eigenvalue weighted by Crippen LogP contribution is -2.38. The number of ether oxygens (including phenoxy) is 1. The van der Waals surface area contributed by atoms with Gasteiger partial charge in [0.1, 0.15) is 0 Å². The van der Waals surface area contributed by atoms with Gasteiger partial charge in [-0.2, -0.15) is 0 Å². The average molecular weight is 170 g/mol. The Morgan fingerprint density at radius 1 is 1.75 bits per heavy atom. The van der Waals surface area contributed by atoms with Crippen molar-refractivity contribution in [1.29, 1.82) is 0 Å². The zero-order valence-electron chi connectivity index (χ0n) is 6.95. The van der Waals surface area contributed by atoms with Gasteiger partial charge in [-0.25, -0.2) is 0 Å². The van der Waals surface area contributed by atoms with Gasteiger partial charge in [-0.3, -0.25) is 4.79 Å². The first kappa shape index (κ1) is 9.22. The van der Waals surface area contributed by atoms with Gasteiger partial charge in [0.25, 0.3) is 0 Å². The summed E-state index contributed by atoms with van der Waals surface area (Å²) in [4.78, 5) is 10.3. The van der Waals surface area contributed by atoms with Crippen LogP contribution < -0.4 is 11.1 Å². The predicted molar refractivity (Wildman–Crippen MR) is 45.6 cm³/mol. The molecule has 1 fully saturated rings. The van der Waals surface area contributed by atoms with Crippen molar-refractivity contribution < 1.29 is 9.53 Å². The average Bonchev–Trinajstić information content (AvgIpc) is 2.05. The molecule has 1 saturated heterocycles. The molecule has 0 aromatic heterocycles. The molecular weight excluding hydrogens is 156 g/mol. The zero-order chi connectivity index (χ0) is 8.81. The van der Waals surface area contributed by atoms with Crippen molar-refractivity contribution in [1.82, 2.24) is 5.32 Å². The van der Waals surface area contributed by atoms with Gasteiger partial charge in [0.2, 0.25) is 5.91 Å².